The van der Waals surface area contributed by atoms with Crippen molar-refractivity contribution in [1.29, 1.82) is 0 Å². The fourth-order valence-corrected chi connectivity index (χ4v) is 5.00. The number of nitrogens with zero attached hydrogens (tertiary/aromatic N) is 3. The number of pyridine rings is 1. The number of amides is 2. The summed E-state index contributed by atoms with van der Waals surface area (Å²) in [7, 11) is 1.67. The molecular weight excluding hydrogens is 462 g/mol. The van der Waals surface area contributed by atoms with Crippen molar-refractivity contribution < 1.29 is 23.8 Å². The number of ether oxygens (including phenoxy) is 3. The molecule has 10 nitrogen and oxygen atoms in total. The molecule has 3 aromatic rings. The number of nitrogens with one attached hydrogen (secondary N) is 2. The van der Waals surface area contributed by atoms with Crippen LogP contribution in [-0.2, 0) is 16.1 Å². The molecule has 0 aliphatic carbocycles. The smallest absolute Gasteiger partial charge is 0.414 e. The second-order valence-corrected chi connectivity index (χ2v) is 9.27. The molecule has 2 N–H and O–H groups in total. The molecule has 4 heterocycles. The molecule has 3 aliphatic rings. The van der Waals surface area contributed by atoms with E-state index in [1.807, 2.05) is 36.5 Å². The second-order valence-electron chi connectivity index (χ2n) is 9.27. The van der Waals surface area contributed by atoms with Crippen molar-refractivity contribution in [3.8, 4) is 11.5 Å². The molecule has 0 saturated carbocycles. The van der Waals surface area contributed by atoms with Gasteiger partial charge in [0.2, 0.25) is 0 Å². The molecule has 0 bridgehead atoms. The lowest BCUT2D eigenvalue weighted by Gasteiger charge is -2.41. The first kappa shape index (κ1) is 22.6. The van der Waals surface area contributed by atoms with Crippen LogP contribution in [0.4, 0.5) is 16.2 Å². The standard InChI is InChI=1S/C26H27N5O5/c1-34-20-3-4-22-21(9-20)16(6-7-27-22)10-28-17-11-30(12-17)13-19-14-36-26(33)31(19)18-2-5-24-23(8-18)29-25(32)15-35-24/h2-9,17,19,28H,10-15H2,1H3,(H,29,32)/t19-/m0/s1. The predicted octanol–water partition coefficient (Wildman–Crippen LogP) is 2.37. The minimum Gasteiger partial charge on any atom is -0.497 e. The average Bonchev–Trinajstić information content (AvgIpc) is 3.24. The number of carbonyl (C=O) groups is 2. The van der Waals surface area contributed by atoms with Crippen LogP contribution in [0.15, 0.2) is 48.7 Å². The van der Waals surface area contributed by atoms with Gasteiger partial charge in [0.1, 0.15) is 18.1 Å². The van der Waals surface area contributed by atoms with Crippen LogP contribution >= 0.6 is 0 Å². The topological polar surface area (TPSA) is 105 Å². The normalized spacial score (nSPS) is 19.9. The Labute approximate surface area is 208 Å². The molecule has 2 aromatic carbocycles. The van der Waals surface area contributed by atoms with Crippen molar-refractivity contribution >= 4 is 34.3 Å². The summed E-state index contributed by atoms with van der Waals surface area (Å²) in [5.41, 5.74) is 3.38. The summed E-state index contributed by atoms with van der Waals surface area (Å²) in [4.78, 5) is 32.6. The molecule has 1 aromatic heterocycles. The Morgan fingerprint density at radius 2 is 2.03 bits per heavy atom. The summed E-state index contributed by atoms with van der Waals surface area (Å²) in [5, 5.41) is 7.52. The largest absolute Gasteiger partial charge is 0.497 e. The van der Waals surface area contributed by atoms with Gasteiger partial charge < -0.3 is 24.8 Å². The van der Waals surface area contributed by atoms with Crippen LogP contribution < -0.4 is 25.0 Å². The van der Waals surface area contributed by atoms with Crippen molar-refractivity contribution in [2.45, 2.75) is 18.6 Å². The van der Waals surface area contributed by atoms with Gasteiger partial charge in [-0.3, -0.25) is 19.6 Å². The number of anilines is 2. The van der Waals surface area contributed by atoms with Crippen LogP contribution in [0.2, 0.25) is 0 Å². The second kappa shape index (κ2) is 9.29. The monoisotopic (exact) mass is 489 g/mol. The number of carbonyl (C=O) groups excluding carboxylic acids is 2. The lowest BCUT2D eigenvalue weighted by atomic mass is 10.1. The zero-order chi connectivity index (χ0) is 24.6. The van der Waals surface area contributed by atoms with E-state index in [1.54, 1.807) is 24.1 Å². The highest BCUT2D eigenvalue weighted by molar-refractivity contribution is 5.97. The van der Waals surface area contributed by atoms with Crippen LogP contribution in [0, 0.1) is 0 Å². The van der Waals surface area contributed by atoms with E-state index in [0.717, 1.165) is 36.3 Å². The summed E-state index contributed by atoms with van der Waals surface area (Å²) < 4.78 is 16.2. The minimum atomic E-state index is -0.377. The van der Waals surface area contributed by atoms with Gasteiger partial charge in [-0.1, -0.05) is 0 Å². The SMILES string of the molecule is COc1ccc2nccc(CNC3CN(C[C@H]4COC(=O)N4c4ccc5c(c4)NC(=O)CO5)C3)c2c1. The fourth-order valence-electron chi connectivity index (χ4n) is 5.00. The third-order valence-electron chi connectivity index (χ3n) is 6.88. The Morgan fingerprint density at radius 1 is 1.14 bits per heavy atom. The zero-order valence-electron chi connectivity index (χ0n) is 19.9. The number of cyclic esters (lactones) is 1. The Balaban J connectivity index is 1.06. The fraction of sp³-hybridized carbons (Fsp3) is 0.346. The van der Waals surface area contributed by atoms with Gasteiger partial charge in [0.25, 0.3) is 5.91 Å². The molecule has 10 heteroatoms. The van der Waals surface area contributed by atoms with E-state index in [-0.39, 0.29) is 24.6 Å². The zero-order valence-corrected chi connectivity index (χ0v) is 19.9. The highest BCUT2D eigenvalue weighted by Gasteiger charge is 2.38. The van der Waals surface area contributed by atoms with E-state index < -0.39 is 0 Å². The number of methoxy groups -OCH3 is 1. The molecule has 186 valence electrons. The molecule has 2 fully saturated rings. The van der Waals surface area contributed by atoms with E-state index in [4.69, 9.17) is 14.2 Å². The summed E-state index contributed by atoms with van der Waals surface area (Å²) in [6.07, 6.45) is 1.46. The maximum Gasteiger partial charge on any atom is 0.414 e. The van der Waals surface area contributed by atoms with Crippen LogP contribution in [0.3, 0.4) is 0 Å². The predicted molar refractivity (Wildman–Crippen MR) is 134 cm³/mol. The van der Waals surface area contributed by atoms with Gasteiger partial charge in [0, 0.05) is 49.5 Å². The van der Waals surface area contributed by atoms with Crippen LogP contribution in [0.25, 0.3) is 10.9 Å². The number of rotatable bonds is 7. The maximum atomic E-state index is 12.5. The van der Waals surface area contributed by atoms with Gasteiger partial charge in [0.05, 0.1) is 24.4 Å². The lowest BCUT2D eigenvalue weighted by molar-refractivity contribution is -0.118. The highest BCUT2D eigenvalue weighted by Crippen LogP contribution is 2.34. The van der Waals surface area contributed by atoms with Gasteiger partial charge in [-0.2, -0.15) is 0 Å². The van der Waals surface area contributed by atoms with Crippen LogP contribution in [-0.4, -0.2) is 73.9 Å². The van der Waals surface area contributed by atoms with Gasteiger partial charge >= 0.3 is 6.09 Å². The number of benzene rings is 2. The first-order chi connectivity index (χ1) is 17.6. The van der Waals surface area contributed by atoms with Crippen LogP contribution in [0.1, 0.15) is 5.56 Å². The lowest BCUT2D eigenvalue weighted by Crippen LogP contribution is -2.60. The quantitative estimate of drug-likeness (QED) is 0.521. The average molecular weight is 490 g/mol. The number of fused-ring (bicyclic) bond motifs is 2. The van der Waals surface area contributed by atoms with Gasteiger partial charge in [0.15, 0.2) is 6.61 Å². The number of likely N-dealkylation sites (tertiary alicyclic amines) is 1. The van der Waals surface area contributed by atoms with E-state index in [9.17, 15) is 9.59 Å². The van der Waals surface area contributed by atoms with Crippen molar-refractivity contribution in [3.63, 3.8) is 0 Å². The first-order valence-electron chi connectivity index (χ1n) is 12.0. The molecular formula is C26H27N5O5. The molecule has 36 heavy (non-hydrogen) atoms. The molecule has 2 amide bonds. The Bertz CT molecular complexity index is 1330. The van der Waals surface area contributed by atoms with E-state index in [2.05, 4.69) is 20.5 Å². The molecule has 1 atom stereocenters. The summed E-state index contributed by atoms with van der Waals surface area (Å²) >= 11 is 0. The Morgan fingerprint density at radius 3 is 2.89 bits per heavy atom. The van der Waals surface area contributed by atoms with Crippen molar-refractivity contribution in [3.05, 3.63) is 54.2 Å². The molecule has 6 rings (SSSR count). The summed E-state index contributed by atoms with van der Waals surface area (Å²) in [6.45, 7) is 3.55. The molecule has 2 saturated heterocycles. The maximum absolute atomic E-state index is 12.5. The van der Waals surface area contributed by atoms with E-state index >= 15 is 0 Å². The van der Waals surface area contributed by atoms with E-state index in [1.165, 1.54) is 5.56 Å². The van der Waals surface area contributed by atoms with E-state index in [0.29, 0.717) is 36.3 Å². The van der Waals surface area contributed by atoms with Gasteiger partial charge in [-0.15, -0.1) is 0 Å². The molecule has 0 spiro atoms. The molecule has 3 aliphatic heterocycles. The first-order valence-corrected chi connectivity index (χ1v) is 12.0. The number of aromatic nitrogens is 1. The third-order valence-corrected chi connectivity index (χ3v) is 6.88. The summed E-state index contributed by atoms with van der Waals surface area (Å²) in [5.74, 6) is 1.20. The Kier molecular flexibility index (Phi) is 5.82. The molecule has 0 unspecified atom stereocenters. The number of hydrogen-bond acceptors (Lipinski definition) is 8. The minimum absolute atomic E-state index is 0.00350. The van der Waals surface area contributed by atoms with Crippen molar-refractivity contribution in [2.24, 2.45) is 0 Å². The third kappa shape index (κ3) is 4.29. The van der Waals surface area contributed by atoms with Crippen molar-refractivity contribution in [1.82, 2.24) is 15.2 Å². The van der Waals surface area contributed by atoms with Crippen molar-refractivity contribution in [2.75, 3.05) is 50.2 Å². The van der Waals surface area contributed by atoms with Gasteiger partial charge in [-0.25, -0.2) is 4.79 Å². The van der Waals surface area contributed by atoms with Gasteiger partial charge in [-0.05, 0) is 48.0 Å². The number of hydrogen-bond donors (Lipinski definition) is 2. The molecule has 0 radical (unpaired) electrons. The summed E-state index contributed by atoms with van der Waals surface area (Å²) in [6, 6.07) is 13.6. The Hall–Kier alpha value is -3.89. The highest BCUT2D eigenvalue weighted by atomic mass is 16.6. The van der Waals surface area contributed by atoms with Crippen LogP contribution in [0.5, 0.6) is 11.5 Å².